The Morgan fingerprint density at radius 1 is 1.35 bits per heavy atom. The van der Waals surface area contributed by atoms with Gasteiger partial charge in [0, 0.05) is 18.5 Å². The molecule has 0 N–H and O–H groups in total. The second kappa shape index (κ2) is 4.74. The predicted molar refractivity (Wildman–Crippen MR) is 81.1 cm³/mol. The van der Waals surface area contributed by atoms with Gasteiger partial charge in [-0.2, -0.15) is 0 Å². The van der Waals surface area contributed by atoms with E-state index in [1.54, 1.807) is 6.07 Å². The van der Waals surface area contributed by atoms with Crippen molar-refractivity contribution in [3.05, 3.63) is 41.0 Å². The molecule has 0 radical (unpaired) electrons. The average molecular weight is 289 g/mol. The first-order valence-corrected chi connectivity index (χ1v) is 7.19. The Balaban J connectivity index is 1.96. The molecule has 1 saturated heterocycles. The summed E-state index contributed by atoms with van der Waals surface area (Å²) in [6.07, 6.45) is 1.03. The zero-order chi connectivity index (χ0) is 14.3. The summed E-state index contributed by atoms with van der Waals surface area (Å²) in [6, 6.07) is 9.29. The van der Waals surface area contributed by atoms with Crippen molar-refractivity contribution in [2.45, 2.75) is 20.3 Å². The van der Waals surface area contributed by atoms with Gasteiger partial charge in [0.05, 0.1) is 10.5 Å². The fourth-order valence-electron chi connectivity index (χ4n) is 2.69. The van der Waals surface area contributed by atoms with E-state index in [0.717, 1.165) is 30.4 Å². The molecule has 1 fully saturated rings. The lowest BCUT2D eigenvalue weighted by Crippen LogP contribution is -2.30. The molecule has 20 heavy (non-hydrogen) atoms. The van der Waals surface area contributed by atoms with Crippen LogP contribution in [0.5, 0.6) is 0 Å². The summed E-state index contributed by atoms with van der Waals surface area (Å²) in [5.41, 5.74) is 1.39. The minimum atomic E-state index is -0.0248. The number of pyridine rings is 1. The van der Waals surface area contributed by atoms with Crippen molar-refractivity contribution < 1.29 is 4.79 Å². The van der Waals surface area contributed by atoms with Gasteiger partial charge in [0.2, 0.25) is 0 Å². The molecule has 1 aliphatic heterocycles. The van der Waals surface area contributed by atoms with Crippen LogP contribution in [0.3, 0.4) is 0 Å². The molecular weight excluding hydrogens is 272 g/mol. The minimum absolute atomic E-state index is 0.0248. The van der Waals surface area contributed by atoms with Crippen LogP contribution in [0.4, 0.5) is 0 Å². The second-order valence-corrected chi connectivity index (χ2v) is 6.55. The lowest BCUT2D eigenvalue weighted by molar-refractivity contribution is 0.0773. The molecule has 1 aromatic heterocycles. The third-order valence-corrected chi connectivity index (χ3v) is 4.16. The zero-order valence-corrected chi connectivity index (χ0v) is 12.4. The maximum absolute atomic E-state index is 12.5. The molecule has 0 atom stereocenters. The number of amides is 1. The maximum atomic E-state index is 12.5. The topological polar surface area (TPSA) is 33.2 Å². The predicted octanol–water partition coefficient (Wildman–Crippen LogP) is 3.76. The van der Waals surface area contributed by atoms with Crippen molar-refractivity contribution >= 4 is 28.4 Å². The summed E-state index contributed by atoms with van der Waals surface area (Å²) in [5.74, 6) is -0.0248. The highest BCUT2D eigenvalue weighted by molar-refractivity contribution is 6.35. The highest BCUT2D eigenvalue weighted by Gasteiger charge is 2.33. The van der Waals surface area contributed by atoms with E-state index in [1.807, 2.05) is 29.2 Å². The van der Waals surface area contributed by atoms with Gasteiger partial charge in [0.25, 0.3) is 5.91 Å². The van der Waals surface area contributed by atoms with Crippen LogP contribution in [0.15, 0.2) is 30.3 Å². The molecule has 104 valence electrons. The number of rotatable bonds is 1. The van der Waals surface area contributed by atoms with Gasteiger partial charge in [0.1, 0.15) is 5.69 Å². The molecule has 3 nitrogen and oxygen atoms in total. The Bertz CT molecular complexity index is 681. The number of nitrogens with zero attached hydrogens (tertiary/aromatic N) is 2. The highest BCUT2D eigenvalue weighted by atomic mass is 35.5. The molecule has 0 saturated carbocycles. The molecule has 1 aliphatic rings. The van der Waals surface area contributed by atoms with Crippen LogP contribution in [-0.4, -0.2) is 28.9 Å². The smallest absolute Gasteiger partial charge is 0.272 e. The minimum Gasteiger partial charge on any atom is -0.337 e. The zero-order valence-electron chi connectivity index (χ0n) is 11.7. The van der Waals surface area contributed by atoms with Crippen molar-refractivity contribution in [3.63, 3.8) is 0 Å². The van der Waals surface area contributed by atoms with E-state index in [4.69, 9.17) is 11.6 Å². The van der Waals surface area contributed by atoms with Gasteiger partial charge in [-0.15, -0.1) is 0 Å². The molecule has 0 bridgehead atoms. The summed E-state index contributed by atoms with van der Waals surface area (Å²) < 4.78 is 0. The highest BCUT2D eigenvalue weighted by Crippen LogP contribution is 2.30. The number of halogens is 1. The van der Waals surface area contributed by atoms with E-state index in [0.29, 0.717) is 10.7 Å². The van der Waals surface area contributed by atoms with E-state index >= 15 is 0 Å². The molecule has 0 spiro atoms. The Hall–Kier alpha value is -1.61. The number of hydrogen-bond acceptors (Lipinski definition) is 2. The van der Waals surface area contributed by atoms with E-state index in [-0.39, 0.29) is 11.3 Å². The lowest BCUT2D eigenvalue weighted by atomic mass is 9.93. The van der Waals surface area contributed by atoms with E-state index < -0.39 is 0 Å². The average Bonchev–Trinajstić information content (AvgIpc) is 2.78. The summed E-state index contributed by atoms with van der Waals surface area (Å²) >= 11 is 6.26. The van der Waals surface area contributed by atoms with E-state index in [9.17, 15) is 4.79 Å². The molecule has 0 unspecified atom stereocenters. The molecule has 1 aromatic carbocycles. The quantitative estimate of drug-likeness (QED) is 0.800. The summed E-state index contributed by atoms with van der Waals surface area (Å²) in [7, 11) is 0. The molecule has 3 rings (SSSR count). The normalized spacial score (nSPS) is 17.6. The number of benzene rings is 1. The van der Waals surface area contributed by atoms with Crippen LogP contribution in [-0.2, 0) is 0 Å². The monoisotopic (exact) mass is 288 g/mol. The van der Waals surface area contributed by atoms with Crippen LogP contribution in [0, 0.1) is 5.41 Å². The molecule has 4 heteroatoms. The van der Waals surface area contributed by atoms with Gasteiger partial charge in [-0.1, -0.05) is 43.6 Å². The number of aromatic nitrogens is 1. The number of likely N-dealkylation sites (tertiary alicyclic amines) is 1. The number of hydrogen-bond donors (Lipinski definition) is 0. The molecule has 2 aromatic rings. The third-order valence-electron chi connectivity index (χ3n) is 3.85. The summed E-state index contributed by atoms with van der Waals surface area (Å²) in [4.78, 5) is 18.9. The lowest BCUT2D eigenvalue weighted by Gasteiger charge is -2.19. The van der Waals surface area contributed by atoms with Crippen LogP contribution in [0.2, 0.25) is 5.02 Å². The SMILES string of the molecule is CC1(C)CCN(C(=O)c2cc(Cl)c3ccccc3n2)C1. The number of para-hydroxylation sites is 1. The first-order chi connectivity index (χ1) is 9.46. The number of carbonyl (C=O) groups excluding carboxylic acids is 1. The summed E-state index contributed by atoms with van der Waals surface area (Å²) in [6.45, 7) is 5.93. The fourth-order valence-corrected chi connectivity index (χ4v) is 2.95. The van der Waals surface area contributed by atoms with Gasteiger partial charge >= 0.3 is 0 Å². The molecule has 0 aliphatic carbocycles. The van der Waals surface area contributed by atoms with E-state index in [2.05, 4.69) is 18.8 Å². The Morgan fingerprint density at radius 3 is 2.80 bits per heavy atom. The third kappa shape index (κ3) is 2.38. The molecule has 2 heterocycles. The molecule has 1 amide bonds. The van der Waals surface area contributed by atoms with Crippen molar-refractivity contribution in [1.29, 1.82) is 0 Å². The van der Waals surface area contributed by atoms with E-state index in [1.165, 1.54) is 0 Å². The summed E-state index contributed by atoms with van der Waals surface area (Å²) in [5, 5.41) is 1.46. The number of fused-ring (bicyclic) bond motifs is 1. The van der Waals surface area contributed by atoms with Gasteiger partial charge in [0.15, 0.2) is 0 Å². The Kier molecular flexibility index (Phi) is 3.17. The maximum Gasteiger partial charge on any atom is 0.272 e. The van der Waals surface area contributed by atoms with Gasteiger partial charge in [-0.3, -0.25) is 4.79 Å². The second-order valence-electron chi connectivity index (χ2n) is 6.15. The van der Waals surface area contributed by atoms with Crippen molar-refractivity contribution in [2.24, 2.45) is 5.41 Å². The van der Waals surface area contributed by atoms with Crippen LogP contribution in [0.25, 0.3) is 10.9 Å². The number of carbonyl (C=O) groups is 1. The fraction of sp³-hybridized carbons (Fsp3) is 0.375. The molecular formula is C16H17ClN2O. The Labute approximate surface area is 123 Å². The van der Waals surface area contributed by atoms with Crippen LogP contribution >= 0.6 is 11.6 Å². The van der Waals surface area contributed by atoms with Crippen molar-refractivity contribution in [3.8, 4) is 0 Å². The Morgan fingerprint density at radius 2 is 2.10 bits per heavy atom. The van der Waals surface area contributed by atoms with Crippen molar-refractivity contribution in [2.75, 3.05) is 13.1 Å². The first kappa shape index (κ1) is 13.4. The van der Waals surface area contributed by atoms with Crippen molar-refractivity contribution in [1.82, 2.24) is 9.88 Å². The van der Waals surface area contributed by atoms with Crippen LogP contribution in [0.1, 0.15) is 30.8 Å². The standard InChI is InChI=1S/C16H17ClN2O/c1-16(2)7-8-19(10-16)15(20)14-9-12(17)11-5-3-4-6-13(11)18-14/h3-6,9H,7-8,10H2,1-2H3. The van der Waals surface area contributed by atoms with Gasteiger partial charge in [-0.25, -0.2) is 4.98 Å². The largest absolute Gasteiger partial charge is 0.337 e. The van der Waals surface area contributed by atoms with Gasteiger partial charge in [-0.05, 0) is 24.0 Å². The van der Waals surface area contributed by atoms with Crippen LogP contribution < -0.4 is 0 Å². The first-order valence-electron chi connectivity index (χ1n) is 6.81. The van der Waals surface area contributed by atoms with Gasteiger partial charge < -0.3 is 4.90 Å².